The lowest BCUT2D eigenvalue weighted by Crippen LogP contribution is -2.12. The average molecular weight is 322 g/mol. The molecule has 0 aliphatic carbocycles. The van der Waals surface area contributed by atoms with Crippen molar-refractivity contribution in [3.63, 3.8) is 0 Å². The van der Waals surface area contributed by atoms with Gasteiger partial charge in [-0.05, 0) is 43.3 Å². The highest BCUT2D eigenvalue weighted by Crippen LogP contribution is 2.27. The molecule has 0 unspecified atom stereocenters. The molecule has 22 heavy (non-hydrogen) atoms. The lowest BCUT2D eigenvalue weighted by Gasteiger charge is -2.04. The van der Waals surface area contributed by atoms with Gasteiger partial charge in [-0.2, -0.15) is 0 Å². The van der Waals surface area contributed by atoms with Crippen LogP contribution >= 0.6 is 11.6 Å². The van der Waals surface area contributed by atoms with Gasteiger partial charge in [0.1, 0.15) is 17.2 Å². The van der Waals surface area contributed by atoms with E-state index in [9.17, 15) is 13.6 Å². The summed E-state index contributed by atoms with van der Waals surface area (Å²) < 4.78 is 31.8. The normalized spacial score (nSPS) is 10.9. The van der Waals surface area contributed by atoms with Crippen LogP contribution < -0.4 is 5.32 Å². The van der Waals surface area contributed by atoms with Crippen LogP contribution in [0.4, 0.5) is 14.5 Å². The van der Waals surface area contributed by atoms with Gasteiger partial charge in [-0.25, -0.2) is 8.78 Å². The summed E-state index contributed by atoms with van der Waals surface area (Å²) in [6.45, 7) is 1.66. The average Bonchev–Trinajstić information content (AvgIpc) is 2.80. The van der Waals surface area contributed by atoms with Gasteiger partial charge in [0, 0.05) is 16.6 Å². The maximum atomic E-state index is 13.3. The molecule has 2 aromatic carbocycles. The summed E-state index contributed by atoms with van der Waals surface area (Å²) in [6, 6.07) is 7.86. The Bertz CT molecular complexity index is 889. The van der Waals surface area contributed by atoms with Gasteiger partial charge in [0.15, 0.2) is 5.76 Å². The number of benzene rings is 2. The molecule has 0 fully saturated rings. The van der Waals surface area contributed by atoms with Crippen molar-refractivity contribution in [1.82, 2.24) is 0 Å². The lowest BCUT2D eigenvalue weighted by molar-refractivity contribution is 0.0998. The zero-order chi connectivity index (χ0) is 15.9. The number of carbonyl (C=O) groups excluding carboxylic acids is 1. The maximum Gasteiger partial charge on any atom is 0.291 e. The predicted molar refractivity (Wildman–Crippen MR) is 80.3 cm³/mol. The summed E-state index contributed by atoms with van der Waals surface area (Å²) in [5.41, 5.74) is 1.28. The van der Waals surface area contributed by atoms with Gasteiger partial charge in [0.2, 0.25) is 0 Å². The Kier molecular flexibility index (Phi) is 3.58. The standard InChI is InChI=1S/C16H10ClF2NO2/c1-8-11-6-9(18)2-5-14(11)22-15(8)16(21)20-10-3-4-13(19)12(17)7-10/h2-7H,1H3,(H,20,21). The molecule has 0 spiro atoms. The number of rotatable bonds is 2. The summed E-state index contributed by atoms with van der Waals surface area (Å²) in [4.78, 5) is 12.3. The number of aryl methyl sites for hydroxylation is 1. The van der Waals surface area contributed by atoms with Gasteiger partial charge < -0.3 is 9.73 Å². The first kappa shape index (κ1) is 14.5. The fourth-order valence-corrected chi connectivity index (χ4v) is 2.35. The minimum atomic E-state index is -0.574. The molecular weight excluding hydrogens is 312 g/mol. The second-order valence-electron chi connectivity index (χ2n) is 4.78. The Balaban J connectivity index is 1.95. The SMILES string of the molecule is Cc1c(C(=O)Nc2ccc(F)c(Cl)c2)oc2ccc(F)cc12. The maximum absolute atomic E-state index is 13.3. The van der Waals surface area contributed by atoms with Crippen LogP contribution in [0.15, 0.2) is 40.8 Å². The lowest BCUT2D eigenvalue weighted by atomic mass is 10.1. The Labute approximate surface area is 129 Å². The molecule has 112 valence electrons. The number of anilines is 1. The molecule has 1 aromatic heterocycles. The molecule has 1 heterocycles. The number of halogens is 3. The number of nitrogens with one attached hydrogen (secondary N) is 1. The van der Waals surface area contributed by atoms with E-state index in [0.717, 1.165) is 6.07 Å². The van der Waals surface area contributed by atoms with Crippen LogP contribution in [0.25, 0.3) is 11.0 Å². The molecule has 6 heteroatoms. The van der Waals surface area contributed by atoms with Crippen LogP contribution in [-0.2, 0) is 0 Å². The molecule has 1 amide bonds. The first-order valence-electron chi connectivity index (χ1n) is 6.41. The monoisotopic (exact) mass is 321 g/mol. The van der Waals surface area contributed by atoms with Crippen LogP contribution in [0.5, 0.6) is 0 Å². The molecule has 0 saturated carbocycles. The fourth-order valence-electron chi connectivity index (χ4n) is 2.17. The quantitative estimate of drug-likeness (QED) is 0.727. The Morgan fingerprint density at radius 2 is 1.95 bits per heavy atom. The summed E-state index contributed by atoms with van der Waals surface area (Å²) in [6.07, 6.45) is 0. The summed E-state index contributed by atoms with van der Waals surface area (Å²) in [5, 5.41) is 3.00. The van der Waals surface area contributed by atoms with E-state index in [4.69, 9.17) is 16.0 Å². The summed E-state index contributed by atoms with van der Waals surface area (Å²) >= 11 is 5.66. The third-order valence-corrected chi connectivity index (χ3v) is 3.57. The molecule has 3 nitrogen and oxygen atoms in total. The highest BCUT2D eigenvalue weighted by atomic mass is 35.5. The summed E-state index contributed by atoms with van der Waals surface area (Å²) in [5.74, 6) is -1.43. The van der Waals surface area contributed by atoms with Crippen molar-refractivity contribution in [3.8, 4) is 0 Å². The van der Waals surface area contributed by atoms with E-state index >= 15 is 0 Å². The molecule has 0 saturated heterocycles. The number of amides is 1. The molecule has 3 aromatic rings. The first-order valence-corrected chi connectivity index (χ1v) is 6.78. The van der Waals surface area contributed by atoms with Crippen molar-refractivity contribution in [2.24, 2.45) is 0 Å². The van der Waals surface area contributed by atoms with Crippen LogP contribution in [0.1, 0.15) is 16.1 Å². The number of furan rings is 1. The van der Waals surface area contributed by atoms with E-state index in [-0.39, 0.29) is 10.8 Å². The highest BCUT2D eigenvalue weighted by Gasteiger charge is 2.18. The van der Waals surface area contributed by atoms with Gasteiger partial charge in [-0.3, -0.25) is 4.79 Å². The zero-order valence-corrected chi connectivity index (χ0v) is 12.2. The van der Waals surface area contributed by atoms with Crippen molar-refractivity contribution in [2.75, 3.05) is 5.32 Å². The number of carbonyl (C=O) groups is 1. The first-order chi connectivity index (χ1) is 10.5. The molecule has 0 aliphatic rings. The van der Waals surface area contributed by atoms with Gasteiger partial charge in [-0.1, -0.05) is 11.6 Å². The van der Waals surface area contributed by atoms with E-state index in [0.29, 0.717) is 22.2 Å². The topological polar surface area (TPSA) is 42.2 Å². The van der Waals surface area contributed by atoms with Crippen LogP contribution in [0, 0.1) is 18.6 Å². The summed E-state index contributed by atoms with van der Waals surface area (Å²) in [7, 11) is 0. The van der Waals surface area contributed by atoms with Gasteiger partial charge in [0.05, 0.1) is 5.02 Å². The van der Waals surface area contributed by atoms with Crippen molar-refractivity contribution in [1.29, 1.82) is 0 Å². The molecule has 0 radical (unpaired) electrons. The van der Waals surface area contributed by atoms with Crippen molar-refractivity contribution >= 4 is 34.2 Å². The minimum absolute atomic E-state index is 0.0704. The number of hydrogen-bond donors (Lipinski definition) is 1. The molecule has 0 atom stereocenters. The molecule has 3 rings (SSSR count). The third kappa shape index (κ3) is 2.55. The van der Waals surface area contributed by atoms with Crippen molar-refractivity contribution in [3.05, 3.63) is 64.4 Å². The van der Waals surface area contributed by atoms with E-state index in [1.165, 1.54) is 30.3 Å². The second kappa shape index (κ2) is 5.42. The molecular formula is C16H10ClF2NO2. The van der Waals surface area contributed by atoms with E-state index in [2.05, 4.69) is 5.32 Å². The number of hydrogen-bond acceptors (Lipinski definition) is 2. The second-order valence-corrected chi connectivity index (χ2v) is 5.19. The van der Waals surface area contributed by atoms with Gasteiger partial charge in [0.25, 0.3) is 5.91 Å². The van der Waals surface area contributed by atoms with Gasteiger partial charge >= 0.3 is 0 Å². The third-order valence-electron chi connectivity index (χ3n) is 3.28. The van der Waals surface area contributed by atoms with Gasteiger partial charge in [-0.15, -0.1) is 0 Å². The van der Waals surface area contributed by atoms with Crippen LogP contribution in [0.2, 0.25) is 5.02 Å². The van der Waals surface area contributed by atoms with E-state index < -0.39 is 17.5 Å². The smallest absolute Gasteiger partial charge is 0.291 e. The molecule has 0 bridgehead atoms. The predicted octanol–water partition coefficient (Wildman–Crippen LogP) is 4.93. The Hall–Kier alpha value is -2.40. The Morgan fingerprint density at radius 1 is 1.18 bits per heavy atom. The van der Waals surface area contributed by atoms with E-state index in [1.54, 1.807) is 6.92 Å². The minimum Gasteiger partial charge on any atom is -0.451 e. The van der Waals surface area contributed by atoms with Crippen LogP contribution in [0.3, 0.4) is 0 Å². The fraction of sp³-hybridized carbons (Fsp3) is 0.0625. The van der Waals surface area contributed by atoms with E-state index in [1.807, 2.05) is 0 Å². The Morgan fingerprint density at radius 3 is 2.68 bits per heavy atom. The van der Waals surface area contributed by atoms with Crippen molar-refractivity contribution in [2.45, 2.75) is 6.92 Å². The van der Waals surface area contributed by atoms with Crippen molar-refractivity contribution < 1.29 is 18.0 Å². The van der Waals surface area contributed by atoms with Crippen LogP contribution in [-0.4, -0.2) is 5.91 Å². The molecule has 0 aliphatic heterocycles. The number of fused-ring (bicyclic) bond motifs is 1. The largest absolute Gasteiger partial charge is 0.451 e. The molecule has 1 N–H and O–H groups in total. The highest BCUT2D eigenvalue weighted by molar-refractivity contribution is 6.31. The zero-order valence-electron chi connectivity index (χ0n) is 11.4.